The van der Waals surface area contributed by atoms with Gasteiger partial charge >= 0.3 is 0 Å². The second-order valence-corrected chi connectivity index (χ2v) is 6.14. The molecule has 0 amide bonds. The summed E-state index contributed by atoms with van der Waals surface area (Å²) >= 11 is 0. The first-order chi connectivity index (χ1) is 8.06. The van der Waals surface area contributed by atoms with E-state index in [0.29, 0.717) is 0 Å². The quantitative estimate of drug-likeness (QED) is 0.718. The largest absolute Gasteiger partial charge is 0.317 e. The fourth-order valence-corrected chi connectivity index (χ4v) is 3.12. The molecule has 102 valence electrons. The second-order valence-electron chi connectivity index (χ2n) is 6.14. The van der Waals surface area contributed by atoms with E-state index in [1.807, 2.05) is 0 Å². The summed E-state index contributed by atoms with van der Waals surface area (Å²) in [5.74, 6) is 1.72. The first-order valence-corrected chi connectivity index (χ1v) is 7.52. The zero-order chi connectivity index (χ0) is 12.8. The molecule has 0 spiro atoms. The molecule has 17 heavy (non-hydrogen) atoms. The number of nitrogens with zero attached hydrogens (tertiary/aromatic N) is 1. The summed E-state index contributed by atoms with van der Waals surface area (Å²) in [6.07, 6.45) is 3.92. The number of likely N-dealkylation sites (tertiary alicyclic amines) is 1. The average Bonchev–Trinajstić information content (AvgIpc) is 2.29. The van der Waals surface area contributed by atoms with E-state index in [0.717, 1.165) is 30.5 Å². The van der Waals surface area contributed by atoms with Gasteiger partial charge in [-0.25, -0.2) is 0 Å². The van der Waals surface area contributed by atoms with Gasteiger partial charge in [-0.05, 0) is 58.0 Å². The summed E-state index contributed by atoms with van der Waals surface area (Å²) in [5, 5.41) is 3.52. The molecule has 1 aliphatic rings. The topological polar surface area (TPSA) is 15.3 Å². The third-order valence-electron chi connectivity index (χ3n) is 4.38. The van der Waals surface area contributed by atoms with E-state index in [1.165, 1.54) is 32.4 Å². The molecule has 0 saturated carbocycles. The maximum Gasteiger partial charge on any atom is 0.00956 e. The number of rotatable bonds is 6. The molecule has 1 N–H and O–H groups in total. The third kappa shape index (κ3) is 4.59. The molecule has 1 saturated heterocycles. The van der Waals surface area contributed by atoms with Gasteiger partial charge in [0.15, 0.2) is 0 Å². The van der Waals surface area contributed by atoms with Crippen LogP contribution < -0.4 is 5.32 Å². The van der Waals surface area contributed by atoms with Crippen LogP contribution in [0.4, 0.5) is 0 Å². The Hall–Kier alpha value is -0.0800. The fourth-order valence-electron chi connectivity index (χ4n) is 3.12. The van der Waals surface area contributed by atoms with Crippen molar-refractivity contribution in [1.82, 2.24) is 10.2 Å². The van der Waals surface area contributed by atoms with Crippen LogP contribution in [0.2, 0.25) is 0 Å². The number of piperidine rings is 1. The van der Waals surface area contributed by atoms with Crippen LogP contribution in [0, 0.1) is 11.8 Å². The van der Waals surface area contributed by atoms with E-state index < -0.39 is 0 Å². The van der Waals surface area contributed by atoms with Crippen molar-refractivity contribution in [2.24, 2.45) is 11.8 Å². The zero-order valence-electron chi connectivity index (χ0n) is 12.5. The molecule has 1 aliphatic heterocycles. The lowest BCUT2D eigenvalue weighted by Gasteiger charge is -2.44. The van der Waals surface area contributed by atoms with Crippen molar-refractivity contribution in [2.45, 2.75) is 66.0 Å². The lowest BCUT2D eigenvalue weighted by Crippen LogP contribution is -2.50. The molecule has 0 bridgehead atoms. The summed E-state index contributed by atoms with van der Waals surface area (Å²) in [6, 6.07) is 1.48. The lowest BCUT2D eigenvalue weighted by molar-refractivity contribution is 0.0436. The van der Waals surface area contributed by atoms with Gasteiger partial charge in [-0.15, -0.1) is 0 Å². The highest BCUT2D eigenvalue weighted by Crippen LogP contribution is 2.28. The standard InChI is InChI=1S/C15H32N2/c1-6-8-16-9-7-14(4)17-11-12(2)10-13(3)15(17)5/h12-16H,6-11H2,1-5H3. The molecule has 1 heterocycles. The Morgan fingerprint density at radius 2 is 1.94 bits per heavy atom. The van der Waals surface area contributed by atoms with E-state index in [4.69, 9.17) is 0 Å². The first-order valence-electron chi connectivity index (χ1n) is 7.52. The summed E-state index contributed by atoms with van der Waals surface area (Å²) in [4.78, 5) is 2.73. The number of hydrogen-bond acceptors (Lipinski definition) is 2. The number of nitrogens with one attached hydrogen (secondary N) is 1. The van der Waals surface area contributed by atoms with Crippen LogP contribution in [0.1, 0.15) is 53.9 Å². The fraction of sp³-hybridized carbons (Fsp3) is 1.00. The second kappa shape index (κ2) is 7.38. The molecule has 1 rings (SSSR count). The third-order valence-corrected chi connectivity index (χ3v) is 4.38. The van der Waals surface area contributed by atoms with Crippen LogP contribution in [-0.4, -0.2) is 36.6 Å². The van der Waals surface area contributed by atoms with Gasteiger partial charge in [-0.2, -0.15) is 0 Å². The molecule has 4 atom stereocenters. The molecular weight excluding hydrogens is 208 g/mol. The van der Waals surface area contributed by atoms with Gasteiger partial charge in [-0.1, -0.05) is 20.8 Å². The first kappa shape index (κ1) is 15.0. The Kier molecular flexibility index (Phi) is 6.50. The highest BCUT2D eigenvalue weighted by Gasteiger charge is 2.31. The van der Waals surface area contributed by atoms with Crippen LogP contribution in [0.3, 0.4) is 0 Å². The van der Waals surface area contributed by atoms with Crippen molar-refractivity contribution in [1.29, 1.82) is 0 Å². The van der Waals surface area contributed by atoms with Crippen molar-refractivity contribution in [3.05, 3.63) is 0 Å². The molecule has 0 aliphatic carbocycles. The van der Waals surface area contributed by atoms with Crippen molar-refractivity contribution in [3.63, 3.8) is 0 Å². The Labute approximate surface area is 108 Å². The molecule has 4 unspecified atom stereocenters. The van der Waals surface area contributed by atoms with Crippen LogP contribution >= 0.6 is 0 Å². The normalized spacial score (nSPS) is 32.6. The van der Waals surface area contributed by atoms with E-state index in [1.54, 1.807) is 0 Å². The van der Waals surface area contributed by atoms with Gasteiger partial charge in [0.25, 0.3) is 0 Å². The summed E-state index contributed by atoms with van der Waals surface area (Å²) in [6.45, 7) is 15.5. The van der Waals surface area contributed by atoms with Crippen molar-refractivity contribution >= 4 is 0 Å². The molecule has 1 fully saturated rings. The van der Waals surface area contributed by atoms with Crippen LogP contribution in [0.15, 0.2) is 0 Å². The lowest BCUT2D eigenvalue weighted by atomic mass is 9.85. The van der Waals surface area contributed by atoms with Gasteiger partial charge in [0.2, 0.25) is 0 Å². The molecule has 0 aromatic carbocycles. The Balaban J connectivity index is 2.35. The SMILES string of the molecule is CCCNCCC(C)N1CC(C)CC(C)C1C. The Bertz CT molecular complexity index is 205. The maximum absolute atomic E-state index is 3.52. The van der Waals surface area contributed by atoms with E-state index in [2.05, 4.69) is 44.8 Å². The Morgan fingerprint density at radius 1 is 1.24 bits per heavy atom. The molecule has 0 radical (unpaired) electrons. The summed E-state index contributed by atoms with van der Waals surface area (Å²) in [5.41, 5.74) is 0. The molecular formula is C15H32N2. The van der Waals surface area contributed by atoms with Crippen molar-refractivity contribution in [2.75, 3.05) is 19.6 Å². The zero-order valence-corrected chi connectivity index (χ0v) is 12.5. The summed E-state index contributed by atoms with van der Waals surface area (Å²) in [7, 11) is 0. The van der Waals surface area contributed by atoms with Crippen molar-refractivity contribution < 1.29 is 0 Å². The van der Waals surface area contributed by atoms with Crippen molar-refractivity contribution in [3.8, 4) is 0 Å². The molecule has 2 heteroatoms. The predicted octanol–water partition coefficient (Wildman–Crippen LogP) is 3.13. The van der Waals surface area contributed by atoms with Gasteiger partial charge < -0.3 is 5.32 Å². The monoisotopic (exact) mass is 240 g/mol. The van der Waals surface area contributed by atoms with Crippen LogP contribution in [0.25, 0.3) is 0 Å². The molecule has 0 aromatic heterocycles. The van der Waals surface area contributed by atoms with Gasteiger partial charge in [0.05, 0.1) is 0 Å². The van der Waals surface area contributed by atoms with Gasteiger partial charge in [0, 0.05) is 18.6 Å². The minimum absolute atomic E-state index is 0.722. The maximum atomic E-state index is 3.52. The smallest absolute Gasteiger partial charge is 0.00956 e. The van der Waals surface area contributed by atoms with Gasteiger partial charge in [0.1, 0.15) is 0 Å². The van der Waals surface area contributed by atoms with E-state index in [-0.39, 0.29) is 0 Å². The summed E-state index contributed by atoms with van der Waals surface area (Å²) < 4.78 is 0. The molecule has 2 nitrogen and oxygen atoms in total. The number of hydrogen-bond donors (Lipinski definition) is 1. The molecule has 0 aromatic rings. The van der Waals surface area contributed by atoms with E-state index in [9.17, 15) is 0 Å². The van der Waals surface area contributed by atoms with Gasteiger partial charge in [-0.3, -0.25) is 4.90 Å². The Morgan fingerprint density at radius 3 is 2.59 bits per heavy atom. The minimum atomic E-state index is 0.722. The van der Waals surface area contributed by atoms with Crippen LogP contribution in [-0.2, 0) is 0 Å². The minimum Gasteiger partial charge on any atom is -0.317 e. The van der Waals surface area contributed by atoms with Crippen LogP contribution in [0.5, 0.6) is 0 Å². The predicted molar refractivity (Wildman–Crippen MR) is 76.4 cm³/mol. The highest BCUT2D eigenvalue weighted by molar-refractivity contribution is 4.85. The van der Waals surface area contributed by atoms with E-state index >= 15 is 0 Å². The highest BCUT2D eigenvalue weighted by atomic mass is 15.2. The average molecular weight is 240 g/mol.